The van der Waals surface area contributed by atoms with Crippen LogP contribution >= 0.6 is 17.4 Å². The van der Waals surface area contributed by atoms with Crippen LogP contribution in [-0.4, -0.2) is 9.79 Å². The van der Waals surface area contributed by atoms with Crippen molar-refractivity contribution < 1.29 is 27.2 Å². The molecule has 0 aliphatic carbocycles. The minimum absolute atomic E-state index is 0.237. The van der Waals surface area contributed by atoms with Gasteiger partial charge in [0.05, 0.1) is 0 Å². The Hall–Kier alpha value is -1.32. The van der Waals surface area contributed by atoms with E-state index in [1.54, 1.807) is 0 Å². The first-order chi connectivity index (χ1) is 17.4. The lowest BCUT2D eigenvalue weighted by Gasteiger charge is -2.31. The van der Waals surface area contributed by atoms with Crippen LogP contribution in [0.3, 0.4) is 0 Å². The maximum absolute atomic E-state index is 14.1. The van der Waals surface area contributed by atoms with E-state index in [2.05, 4.69) is 27.7 Å². The van der Waals surface area contributed by atoms with Crippen LogP contribution in [-0.2, 0) is 10.8 Å². The fourth-order valence-corrected chi connectivity index (χ4v) is 5.38. The van der Waals surface area contributed by atoms with Gasteiger partial charge in [0.15, 0.2) is 0 Å². The highest BCUT2D eigenvalue weighted by Crippen LogP contribution is 2.51. The summed E-state index contributed by atoms with van der Waals surface area (Å²) in [5.74, 6) is 0.662. The summed E-state index contributed by atoms with van der Waals surface area (Å²) in [6, 6.07) is 8.10. The molecule has 0 saturated heterocycles. The van der Waals surface area contributed by atoms with Gasteiger partial charge in [0.2, 0.25) is 0 Å². The number of rotatable bonds is 10. The van der Waals surface area contributed by atoms with Crippen molar-refractivity contribution in [1.29, 1.82) is 0 Å². The molecule has 0 spiro atoms. The third-order valence-corrected chi connectivity index (χ3v) is 8.19. The molecule has 0 heterocycles. The lowest BCUT2D eigenvalue weighted by molar-refractivity contribution is 0.416. The van der Waals surface area contributed by atoms with Crippen LogP contribution < -0.4 is 9.05 Å². The second-order valence-corrected chi connectivity index (χ2v) is 13.7. The highest BCUT2D eigenvalue weighted by Gasteiger charge is 2.32. The average Bonchev–Trinajstić information content (AvgIpc) is 2.80. The number of hydrogen-bond donors (Lipinski definition) is 2. The van der Waals surface area contributed by atoms with E-state index in [1.165, 1.54) is 0 Å². The zero-order chi connectivity index (χ0) is 29.2. The van der Waals surface area contributed by atoms with E-state index < -0.39 is 34.1 Å². The summed E-state index contributed by atoms with van der Waals surface area (Å²) in [4.78, 5) is 19.5. The molecule has 8 heteroatoms. The predicted molar refractivity (Wildman–Crippen MR) is 157 cm³/mol. The molecule has 2 N–H and O–H groups in total. The topological polar surface area (TPSA) is 58.9 Å². The molecule has 4 unspecified atom stereocenters. The Labute approximate surface area is 231 Å². The van der Waals surface area contributed by atoms with Crippen molar-refractivity contribution in [1.82, 2.24) is 0 Å². The molecular formula is C30H46F2O4P2. The first-order valence-corrected chi connectivity index (χ1v) is 15.6. The van der Waals surface area contributed by atoms with Crippen molar-refractivity contribution in [2.75, 3.05) is 0 Å². The molecule has 0 aromatic heterocycles. The van der Waals surface area contributed by atoms with E-state index in [4.69, 9.17) is 9.05 Å². The van der Waals surface area contributed by atoms with Gasteiger partial charge in [-0.2, -0.15) is 0 Å². The third kappa shape index (κ3) is 7.87. The van der Waals surface area contributed by atoms with Gasteiger partial charge in [-0.3, -0.25) is 0 Å². The predicted octanol–water partition coefficient (Wildman–Crippen LogP) is 10.6. The Balaban J connectivity index is 3.04. The van der Waals surface area contributed by atoms with Gasteiger partial charge in [0.1, 0.15) is 11.5 Å². The third-order valence-electron chi connectivity index (χ3n) is 7.53. The highest BCUT2D eigenvalue weighted by molar-refractivity contribution is 7.40. The maximum Gasteiger partial charge on any atom is 0.436 e. The Morgan fingerprint density at radius 1 is 0.684 bits per heavy atom. The van der Waals surface area contributed by atoms with Crippen molar-refractivity contribution in [2.24, 2.45) is 0 Å². The van der Waals surface area contributed by atoms with Crippen molar-refractivity contribution >= 4 is 17.4 Å². The monoisotopic (exact) mass is 570 g/mol. The van der Waals surface area contributed by atoms with Gasteiger partial charge in [-0.15, -0.1) is 8.39 Å². The number of halogens is 2. The fraction of sp³-hybridized carbons (Fsp3) is 0.600. The molecule has 4 atom stereocenters. The zero-order valence-corrected chi connectivity index (χ0v) is 26.6. The van der Waals surface area contributed by atoms with Crippen LogP contribution in [0.5, 0.6) is 11.5 Å². The van der Waals surface area contributed by atoms with Gasteiger partial charge in [0.25, 0.3) is 0 Å². The smallest absolute Gasteiger partial charge is 0.423 e. The molecular weight excluding hydrogens is 524 g/mol. The van der Waals surface area contributed by atoms with E-state index in [9.17, 15) is 18.2 Å². The molecule has 0 aliphatic rings. The SMILES string of the molecule is CCC(C)c1cc(C(C)c2cc(C(C)CC)cc(C(C)(C)C)c2OP(O)F)c(OP(O)F)c(C(C)(C)C)c1. The minimum Gasteiger partial charge on any atom is -0.423 e. The second-order valence-electron chi connectivity index (χ2n) is 12.4. The average molecular weight is 571 g/mol. The molecule has 2 rings (SSSR count). The Bertz CT molecular complexity index is 1010. The van der Waals surface area contributed by atoms with Crippen molar-refractivity contribution in [3.8, 4) is 11.5 Å². The van der Waals surface area contributed by atoms with Gasteiger partial charge in [-0.1, -0.05) is 100 Å². The summed E-state index contributed by atoms with van der Waals surface area (Å²) in [6.07, 6.45) is 1.83. The van der Waals surface area contributed by atoms with Crippen LogP contribution in [0.2, 0.25) is 0 Å². The van der Waals surface area contributed by atoms with Crippen LogP contribution in [0, 0.1) is 0 Å². The Kier molecular flexibility index (Phi) is 11.2. The standard InChI is InChI=1S/C30H46F2O4P2/c1-12-18(3)21-14-23(27(35-37(31)33)25(16-21)29(6,7)8)20(5)24-15-22(19(4)13-2)17-26(30(9,10)11)28(24)36-38(32)34/h14-20,33-34H,12-13H2,1-11H3. The van der Waals surface area contributed by atoms with E-state index in [0.717, 1.165) is 35.1 Å². The molecule has 2 aromatic carbocycles. The molecule has 214 valence electrons. The van der Waals surface area contributed by atoms with Crippen molar-refractivity contribution in [3.05, 3.63) is 57.6 Å². The van der Waals surface area contributed by atoms with E-state index in [-0.39, 0.29) is 11.8 Å². The summed E-state index contributed by atoms with van der Waals surface area (Å²) in [5.41, 5.74) is 4.35. The molecule has 2 aromatic rings. The molecule has 38 heavy (non-hydrogen) atoms. The van der Waals surface area contributed by atoms with Crippen molar-refractivity contribution in [3.63, 3.8) is 0 Å². The lowest BCUT2D eigenvalue weighted by Crippen LogP contribution is -2.18. The Morgan fingerprint density at radius 2 is 1.00 bits per heavy atom. The molecule has 0 amide bonds. The van der Waals surface area contributed by atoms with Gasteiger partial charge in [-0.05, 0) is 46.6 Å². The molecule has 4 nitrogen and oxygen atoms in total. The van der Waals surface area contributed by atoms with E-state index in [0.29, 0.717) is 22.6 Å². The van der Waals surface area contributed by atoms with Crippen LogP contribution in [0.25, 0.3) is 0 Å². The summed E-state index contributed by atoms with van der Waals surface area (Å²) < 4.78 is 39.3. The Morgan fingerprint density at radius 3 is 1.24 bits per heavy atom. The molecule has 0 bridgehead atoms. The molecule has 0 fully saturated rings. The quantitative estimate of drug-likeness (QED) is 0.279. The summed E-state index contributed by atoms with van der Waals surface area (Å²) in [6.45, 7) is 22.6. The van der Waals surface area contributed by atoms with Crippen LogP contribution in [0.4, 0.5) is 8.39 Å². The number of hydrogen-bond acceptors (Lipinski definition) is 4. The fourth-order valence-electron chi connectivity index (χ4n) is 4.67. The maximum atomic E-state index is 14.1. The van der Waals surface area contributed by atoms with Crippen molar-refractivity contribution in [2.45, 2.75) is 118 Å². The first-order valence-electron chi connectivity index (χ1n) is 13.4. The van der Waals surface area contributed by atoms with Gasteiger partial charge in [-0.25, -0.2) is 0 Å². The van der Waals surface area contributed by atoms with Crippen LogP contribution in [0.1, 0.15) is 140 Å². The van der Waals surface area contributed by atoms with Crippen LogP contribution in [0.15, 0.2) is 24.3 Å². The summed E-state index contributed by atoms with van der Waals surface area (Å²) in [5, 5.41) is 0. The van der Waals surface area contributed by atoms with E-state index >= 15 is 0 Å². The highest BCUT2D eigenvalue weighted by atomic mass is 31.2. The van der Waals surface area contributed by atoms with Gasteiger partial charge < -0.3 is 18.8 Å². The van der Waals surface area contributed by atoms with Gasteiger partial charge >= 0.3 is 17.4 Å². The summed E-state index contributed by atoms with van der Waals surface area (Å²) >= 11 is 0. The second kappa shape index (κ2) is 12.9. The van der Waals surface area contributed by atoms with Gasteiger partial charge in [0, 0.05) is 28.2 Å². The molecule has 0 radical (unpaired) electrons. The first kappa shape index (κ1) is 32.9. The lowest BCUT2D eigenvalue weighted by atomic mass is 9.77. The molecule has 0 saturated carbocycles. The zero-order valence-electron chi connectivity index (χ0n) is 24.8. The molecule has 0 aliphatic heterocycles. The van der Waals surface area contributed by atoms with E-state index in [1.807, 2.05) is 72.7 Å². The summed E-state index contributed by atoms with van der Waals surface area (Å²) in [7, 11) is -6.34. The number of benzene rings is 2. The largest absolute Gasteiger partial charge is 0.436 e. The minimum atomic E-state index is -3.17. The normalized spacial score (nSPS) is 16.5.